The third-order valence-electron chi connectivity index (χ3n) is 2.24. The molecule has 0 heterocycles. The van der Waals surface area contributed by atoms with E-state index in [9.17, 15) is 39.5 Å². The molecule has 0 amide bonds. The maximum atomic E-state index is 11.9. The lowest BCUT2D eigenvalue weighted by molar-refractivity contribution is -0.176. The normalized spacial score (nSPS) is 13.2. The molecule has 0 unspecified atom stereocenters. The van der Waals surface area contributed by atoms with Gasteiger partial charge in [0.1, 0.15) is 19.8 Å². The highest BCUT2D eigenvalue weighted by atomic mass is 19.4. The minimum absolute atomic E-state index is 0.451. The first kappa shape index (κ1) is 27.2. The van der Waals surface area contributed by atoms with Crippen molar-refractivity contribution >= 4 is 7.32 Å². The molecule has 0 fully saturated rings. The van der Waals surface area contributed by atoms with Gasteiger partial charge in [0.25, 0.3) is 0 Å². The molecule has 0 saturated carbocycles. The first-order valence-corrected chi connectivity index (χ1v) is 7.57. The zero-order chi connectivity index (χ0) is 21.7. The van der Waals surface area contributed by atoms with Crippen molar-refractivity contribution < 1.29 is 67.7 Å². The molecule has 0 atom stereocenters. The number of halogens is 9. The third-order valence-corrected chi connectivity index (χ3v) is 2.24. The molecule has 0 aromatic heterocycles. The molecule has 0 aliphatic carbocycles. The summed E-state index contributed by atoms with van der Waals surface area (Å²) in [5, 5.41) is 0. The van der Waals surface area contributed by atoms with Crippen LogP contribution in [0.25, 0.3) is 0 Å². The van der Waals surface area contributed by atoms with Crippen LogP contribution in [0.15, 0.2) is 0 Å². The quantitative estimate of drug-likeness (QED) is 0.222. The molecule has 0 N–H and O–H groups in total. The monoisotopic (exact) mass is 440 g/mol. The summed E-state index contributed by atoms with van der Waals surface area (Å²) in [6.45, 7) is -7.49. The summed E-state index contributed by atoms with van der Waals surface area (Å²) in [6.07, 6.45) is -13.6. The molecular weight excluding hydrogens is 422 g/mol. The summed E-state index contributed by atoms with van der Waals surface area (Å²) in [6, 6.07) is 0. The van der Waals surface area contributed by atoms with Crippen LogP contribution in [-0.4, -0.2) is 85.3 Å². The molecule has 0 aliphatic heterocycles. The van der Waals surface area contributed by atoms with E-state index < -0.39 is 85.3 Å². The van der Waals surface area contributed by atoms with E-state index in [0.29, 0.717) is 0 Å². The fraction of sp³-hybridized carbons (Fsp3) is 1.00. The fourth-order valence-electron chi connectivity index (χ4n) is 1.32. The average molecular weight is 440 g/mol. The topological polar surface area (TPSA) is 55.4 Å². The maximum absolute atomic E-state index is 11.9. The summed E-state index contributed by atoms with van der Waals surface area (Å²) in [7, 11) is -1.58. The Bertz CT molecular complexity index is 334. The molecular formula is C12H18BF9O6. The molecule has 0 rings (SSSR count). The standard InChI is InChI=1S/C12H18BF9O6/c14-10(15,16)7-23-1-4-26-13(27-5-2-24-8-11(17,18)19)28-6-3-25-9-12(20,21)22/h1-9H2. The summed E-state index contributed by atoms with van der Waals surface area (Å²) >= 11 is 0. The van der Waals surface area contributed by atoms with Crippen LogP contribution in [0.5, 0.6) is 0 Å². The van der Waals surface area contributed by atoms with Crippen LogP contribution in [0.3, 0.4) is 0 Å². The number of rotatable bonds is 15. The molecule has 0 saturated heterocycles. The van der Waals surface area contributed by atoms with Gasteiger partial charge in [0.2, 0.25) is 0 Å². The fourth-order valence-corrected chi connectivity index (χ4v) is 1.32. The molecule has 28 heavy (non-hydrogen) atoms. The van der Waals surface area contributed by atoms with E-state index in [-0.39, 0.29) is 0 Å². The molecule has 0 aromatic carbocycles. The largest absolute Gasteiger partial charge is 0.639 e. The maximum Gasteiger partial charge on any atom is 0.639 e. The first-order valence-electron chi connectivity index (χ1n) is 7.57. The predicted octanol–water partition coefficient (Wildman–Crippen LogP) is 2.76. The Balaban J connectivity index is 4.08. The van der Waals surface area contributed by atoms with E-state index in [4.69, 9.17) is 14.0 Å². The number of alkyl halides is 9. The Morgan fingerprint density at radius 2 is 0.679 bits per heavy atom. The van der Waals surface area contributed by atoms with E-state index in [1.165, 1.54) is 0 Å². The van der Waals surface area contributed by atoms with Gasteiger partial charge in [-0.3, -0.25) is 0 Å². The summed E-state index contributed by atoms with van der Waals surface area (Å²) in [5.41, 5.74) is 0. The van der Waals surface area contributed by atoms with Crippen molar-refractivity contribution in [2.75, 3.05) is 59.5 Å². The lowest BCUT2D eigenvalue weighted by atomic mass is 10.2. The minimum atomic E-state index is -4.54. The van der Waals surface area contributed by atoms with Gasteiger partial charge in [-0.2, -0.15) is 39.5 Å². The van der Waals surface area contributed by atoms with Crippen LogP contribution in [0.1, 0.15) is 0 Å². The van der Waals surface area contributed by atoms with Crippen molar-refractivity contribution in [3.63, 3.8) is 0 Å². The van der Waals surface area contributed by atoms with E-state index >= 15 is 0 Å². The van der Waals surface area contributed by atoms with Crippen molar-refractivity contribution in [3.05, 3.63) is 0 Å². The minimum Gasteiger partial charge on any atom is -0.383 e. The SMILES string of the molecule is FC(F)(F)COCCOB(OCCOCC(F)(F)F)OCCOCC(F)(F)F. The van der Waals surface area contributed by atoms with Crippen molar-refractivity contribution in [2.45, 2.75) is 18.5 Å². The molecule has 0 aliphatic rings. The van der Waals surface area contributed by atoms with Gasteiger partial charge in [-0.1, -0.05) is 0 Å². The third kappa shape index (κ3) is 21.5. The second-order valence-electron chi connectivity index (χ2n) is 4.90. The summed E-state index contributed by atoms with van der Waals surface area (Å²) in [4.78, 5) is 0. The number of hydrogen-bond donors (Lipinski definition) is 0. The van der Waals surface area contributed by atoms with E-state index in [2.05, 4.69) is 14.2 Å². The van der Waals surface area contributed by atoms with E-state index in [1.54, 1.807) is 0 Å². The lowest BCUT2D eigenvalue weighted by Gasteiger charge is -2.16. The van der Waals surface area contributed by atoms with E-state index in [1.807, 2.05) is 0 Å². The highest BCUT2D eigenvalue weighted by molar-refractivity contribution is 6.36. The highest BCUT2D eigenvalue weighted by Crippen LogP contribution is 2.15. The second-order valence-corrected chi connectivity index (χ2v) is 4.90. The van der Waals surface area contributed by atoms with E-state index in [0.717, 1.165) is 0 Å². The zero-order valence-corrected chi connectivity index (χ0v) is 14.3. The van der Waals surface area contributed by atoms with Crippen LogP contribution in [0.2, 0.25) is 0 Å². The Morgan fingerprint density at radius 3 is 0.893 bits per heavy atom. The Kier molecular flexibility index (Phi) is 13.0. The van der Waals surface area contributed by atoms with Gasteiger partial charge in [0.05, 0.1) is 39.6 Å². The molecule has 0 spiro atoms. The molecule has 168 valence electrons. The molecule has 0 aromatic rings. The van der Waals surface area contributed by atoms with Crippen LogP contribution < -0.4 is 0 Å². The molecule has 16 heteroatoms. The molecule has 0 bridgehead atoms. The zero-order valence-electron chi connectivity index (χ0n) is 14.3. The Labute approximate surface area is 154 Å². The van der Waals surface area contributed by atoms with Crippen LogP contribution >= 0.6 is 0 Å². The first-order chi connectivity index (χ1) is 12.8. The molecule has 0 radical (unpaired) electrons. The van der Waals surface area contributed by atoms with Gasteiger partial charge in [0, 0.05) is 0 Å². The van der Waals surface area contributed by atoms with Crippen molar-refractivity contribution in [2.24, 2.45) is 0 Å². The van der Waals surface area contributed by atoms with Gasteiger partial charge in [-0.15, -0.1) is 0 Å². The van der Waals surface area contributed by atoms with Crippen molar-refractivity contribution in [3.8, 4) is 0 Å². The van der Waals surface area contributed by atoms with Gasteiger partial charge in [0.15, 0.2) is 0 Å². The number of hydrogen-bond acceptors (Lipinski definition) is 6. The predicted molar refractivity (Wildman–Crippen MR) is 74.2 cm³/mol. The number of ether oxygens (including phenoxy) is 3. The summed E-state index contributed by atoms with van der Waals surface area (Å²) < 4.78 is 134. The van der Waals surface area contributed by atoms with Crippen LogP contribution in [0.4, 0.5) is 39.5 Å². The summed E-state index contributed by atoms with van der Waals surface area (Å²) in [5.74, 6) is 0. The van der Waals surface area contributed by atoms with Crippen molar-refractivity contribution in [1.82, 2.24) is 0 Å². The highest BCUT2D eigenvalue weighted by Gasteiger charge is 2.29. The van der Waals surface area contributed by atoms with Crippen LogP contribution in [-0.2, 0) is 28.2 Å². The smallest absolute Gasteiger partial charge is 0.383 e. The Morgan fingerprint density at radius 1 is 0.429 bits per heavy atom. The van der Waals surface area contributed by atoms with Gasteiger partial charge in [-0.25, -0.2) is 0 Å². The molecule has 6 nitrogen and oxygen atoms in total. The van der Waals surface area contributed by atoms with Gasteiger partial charge in [-0.05, 0) is 0 Å². The van der Waals surface area contributed by atoms with Gasteiger partial charge >= 0.3 is 25.9 Å². The van der Waals surface area contributed by atoms with Crippen molar-refractivity contribution in [1.29, 1.82) is 0 Å². The van der Waals surface area contributed by atoms with Crippen LogP contribution in [0, 0.1) is 0 Å². The average Bonchev–Trinajstić information content (AvgIpc) is 2.49. The lowest BCUT2D eigenvalue weighted by Crippen LogP contribution is -2.32. The Hall–Kier alpha value is -0.805. The van der Waals surface area contributed by atoms with Gasteiger partial charge < -0.3 is 28.2 Å². The second kappa shape index (κ2) is 13.4.